The Bertz CT molecular complexity index is 1660. The predicted octanol–water partition coefficient (Wildman–Crippen LogP) is 3.81. The number of rotatable bonds is 12. The fraction of sp³-hybridized carbons (Fsp3) is 0.321. The molecule has 2 aromatic carbocycles. The summed E-state index contributed by atoms with van der Waals surface area (Å²) < 4.78 is 35.0. The number of fused-ring (bicyclic) bond motifs is 1. The maximum Gasteiger partial charge on any atom is 0.322 e. The van der Waals surface area contributed by atoms with Gasteiger partial charge in [-0.2, -0.15) is 4.72 Å². The van der Waals surface area contributed by atoms with Crippen LogP contribution in [0.1, 0.15) is 44.0 Å². The van der Waals surface area contributed by atoms with Gasteiger partial charge in [-0.25, -0.2) is 13.4 Å². The SMILES string of the molecule is CCCOc1ccc(S(=O)(=O)NC(Cc2c[nH]c3ccccc23)C(=O)O)cc1-c1nc(CC)c(CC)c(=O)[nH]1. The number of hydrogen-bond acceptors (Lipinski definition) is 6. The molecule has 0 aliphatic carbocycles. The van der Waals surface area contributed by atoms with Crippen LogP contribution in [-0.2, 0) is 34.1 Å². The highest BCUT2D eigenvalue weighted by atomic mass is 32.2. The van der Waals surface area contributed by atoms with Crippen LogP contribution < -0.4 is 15.0 Å². The quantitative estimate of drug-likeness (QED) is 0.208. The van der Waals surface area contributed by atoms with Crippen LogP contribution in [0.15, 0.2) is 58.4 Å². The zero-order chi connectivity index (χ0) is 28.2. The monoisotopic (exact) mass is 552 g/mol. The van der Waals surface area contributed by atoms with Crippen molar-refractivity contribution >= 4 is 26.9 Å². The number of aliphatic carboxylic acids is 1. The Morgan fingerprint density at radius 3 is 2.59 bits per heavy atom. The Kier molecular flexibility index (Phi) is 8.51. The van der Waals surface area contributed by atoms with E-state index in [0.29, 0.717) is 54.0 Å². The van der Waals surface area contributed by atoms with Gasteiger partial charge in [0.05, 0.1) is 22.8 Å². The lowest BCUT2D eigenvalue weighted by molar-refractivity contribution is -0.138. The largest absolute Gasteiger partial charge is 0.493 e. The molecule has 0 radical (unpaired) electrons. The van der Waals surface area contributed by atoms with Gasteiger partial charge in [-0.15, -0.1) is 0 Å². The summed E-state index contributed by atoms with van der Waals surface area (Å²) in [5.41, 5.74) is 2.70. The number of sulfonamides is 1. The molecule has 0 aliphatic rings. The molecule has 1 atom stereocenters. The number of carboxylic acid groups (broad SMARTS) is 1. The standard InChI is InChI=1S/C28H32N4O6S/c1-4-13-38-25-12-11-18(15-21(25)26-30-22(6-3)19(5-2)27(33)31-26)39(36,37)32-24(28(34)35)14-17-16-29-23-10-8-7-9-20(17)23/h7-12,15-16,24,29,32H,4-6,13-14H2,1-3H3,(H,34,35)(H,30,31,33). The van der Waals surface area contributed by atoms with Gasteiger partial charge >= 0.3 is 5.97 Å². The molecule has 0 fully saturated rings. The van der Waals surface area contributed by atoms with Crippen molar-refractivity contribution in [2.24, 2.45) is 0 Å². The molecule has 10 nitrogen and oxygen atoms in total. The first kappa shape index (κ1) is 28.1. The van der Waals surface area contributed by atoms with Gasteiger partial charge < -0.3 is 19.8 Å². The molecular weight excluding hydrogens is 520 g/mol. The molecule has 1 unspecified atom stereocenters. The van der Waals surface area contributed by atoms with E-state index >= 15 is 0 Å². The first-order valence-corrected chi connectivity index (χ1v) is 14.4. The molecule has 0 saturated carbocycles. The van der Waals surface area contributed by atoms with Gasteiger partial charge in [-0.1, -0.05) is 39.0 Å². The molecule has 0 spiro atoms. The lowest BCUT2D eigenvalue weighted by Gasteiger charge is -2.17. The summed E-state index contributed by atoms with van der Waals surface area (Å²) in [6.45, 7) is 6.08. The molecular formula is C28H32N4O6S. The van der Waals surface area contributed by atoms with Crippen LogP contribution in [0.4, 0.5) is 0 Å². The Hall–Kier alpha value is -3.96. The van der Waals surface area contributed by atoms with Crippen molar-refractivity contribution in [2.45, 2.75) is 57.4 Å². The van der Waals surface area contributed by atoms with E-state index in [0.717, 1.165) is 10.9 Å². The molecule has 0 aliphatic heterocycles. The number of aromatic amines is 2. The van der Waals surface area contributed by atoms with Crippen LogP contribution >= 0.6 is 0 Å². The van der Waals surface area contributed by atoms with E-state index in [2.05, 4.69) is 19.7 Å². The highest BCUT2D eigenvalue weighted by Gasteiger charge is 2.28. The van der Waals surface area contributed by atoms with Gasteiger partial charge in [-0.3, -0.25) is 9.59 Å². The van der Waals surface area contributed by atoms with Crippen molar-refractivity contribution in [1.29, 1.82) is 0 Å². The third kappa shape index (κ3) is 6.04. The highest BCUT2D eigenvalue weighted by molar-refractivity contribution is 7.89. The summed E-state index contributed by atoms with van der Waals surface area (Å²) >= 11 is 0. The van der Waals surface area contributed by atoms with Gasteiger partial charge in [0, 0.05) is 29.1 Å². The number of nitrogens with one attached hydrogen (secondary N) is 3. The molecule has 4 rings (SSSR count). The molecule has 4 N–H and O–H groups in total. The van der Waals surface area contributed by atoms with Crippen molar-refractivity contribution in [1.82, 2.24) is 19.7 Å². The summed E-state index contributed by atoms with van der Waals surface area (Å²) in [5.74, 6) is -0.759. The van der Waals surface area contributed by atoms with Crippen molar-refractivity contribution in [3.8, 4) is 17.1 Å². The maximum atomic E-state index is 13.4. The van der Waals surface area contributed by atoms with E-state index in [4.69, 9.17) is 4.74 Å². The minimum Gasteiger partial charge on any atom is -0.493 e. The van der Waals surface area contributed by atoms with E-state index in [9.17, 15) is 23.1 Å². The van der Waals surface area contributed by atoms with Gasteiger partial charge in [0.2, 0.25) is 10.0 Å². The van der Waals surface area contributed by atoms with Gasteiger partial charge in [0.25, 0.3) is 5.56 Å². The van der Waals surface area contributed by atoms with Crippen LogP contribution in [0.5, 0.6) is 5.75 Å². The molecule has 0 amide bonds. The van der Waals surface area contributed by atoms with E-state index in [-0.39, 0.29) is 22.7 Å². The van der Waals surface area contributed by atoms with Gasteiger partial charge in [-0.05, 0) is 49.1 Å². The average Bonchev–Trinajstić information content (AvgIpc) is 3.33. The minimum absolute atomic E-state index is 0.0592. The van der Waals surface area contributed by atoms with E-state index < -0.39 is 22.0 Å². The number of benzene rings is 2. The van der Waals surface area contributed by atoms with Crippen LogP contribution in [-0.4, -0.2) is 47.1 Å². The number of para-hydroxylation sites is 1. The van der Waals surface area contributed by atoms with Crippen LogP contribution in [0.25, 0.3) is 22.3 Å². The Morgan fingerprint density at radius 2 is 1.90 bits per heavy atom. The molecule has 206 valence electrons. The minimum atomic E-state index is -4.28. The number of H-pyrrole nitrogens is 2. The molecule has 2 heterocycles. The van der Waals surface area contributed by atoms with E-state index in [1.165, 1.54) is 18.2 Å². The number of aryl methyl sites for hydroxylation is 1. The Balaban J connectivity index is 1.72. The second-order valence-electron chi connectivity index (χ2n) is 9.13. The molecule has 4 aromatic rings. The number of aromatic nitrogens is 3. The van der Waals surface area contributed by atoms with Crippen LogP contribution in [0.2, 0.25) is 0 Å². The fourth-order valence-corrected chi connectivity index (χ4v) is 5.70. The Labute approximate surface area is 226 Å². The molecule has 39 heavy (non-hydrogen) atoms. The van der Waals surface area contributed by atoms with E-state index in [1.54, 1.807) is 6.20 Å². The van der Waals surface area contributed by atoms with Gasteiger partial charge in [0.15, 0.2) is 0 Å². The molecule has 11 heteroatoms. The zero-order valence-corrected chi connectivity index (χ0v) is 22.9. The van der Waals surface area contributed by atoms with Crippen molar-refractivity contribution in [3.05, 3.63) is 75.8 Å². The zero-order valence-electron chi connectivity index (χ0n) is 22.1. The molecule has 2 aromatic heterocycles. The smallest absolute Gasteiger partial charge is 0.322 e. The predicted molar refractivity (Wildman–Crippen MR) is 149 cm³/mol. The lowest BCUT2D eigenvalue weighted by atomic mass is 10.1. The summed E-state index contributed by atoms with van der Waals surface area (Å²) in [6.07, 6.45) is 3.37. The Morgan fingerprint density at radius 1 is 1.13 bits per heavy atom. The topological polar surface area (TPSA) is 154 Å². The average molecular weight is 553 g/mol. The van der Waals surface area contributed by atoms with Crippen molar-refractivity contribution in [2.75, 3.05) is 6.61 Å². The summed E-state index contributed by atoms with van der Waals surface area (Å²) in [6, 6.07) is 10.2. The maximum absolute atomic E-state index is 13.4. The summed E-state index contributed by atoms with van der Waals surface area (Å²) in [5, 5.41) is 10.7. The van der Waals surface area contributed by atoms with Crippen LogP contribution in [0.3, 0.4) is 0 Å². The molecule has 0 bridgehead atoms. The number of carboxylic acids is 1. The first-order chi connectivity index (χ1) is 18.7. The number of carbonyl (C=O) groups is 1. The number of hydrogen-bond donors (Lipinski definition) is 4. The summed E-state index contributed by atoms with van der Waals surface area (Å²) in [7, 11) is -4.28. The fourth-order valence-electron chi connectivity index (χ4n) is 4.48. The lowest BCUT2D eigenvalue weighted by Crippen LogP contribution is -2.42. The number of nitrogens with zero attached hydrogens (tertiary/aromatic N) is 1. The first-order valence-electron chi connectivity index (χ1n) is 12.9. The van der Waals surface area contributed by atoms with Crippen LogP contribution in [0, 0.1) is 0 Å². The third-order valence-corrected chi connectivity index (χ3v) is 7.93. The van der Waals surface area contributed by atoms with E-state index in [1.807, 2.05) is 45.0 Å². The highest BCUT2D eigenvalue weighted by Crippen LogP contribution is 2.31. The van der Waals surface area contributed by atoms with Gasteiger partial charge in [0.1, 0.15) is 17.6 Å². The molecule has 0 saturated heterocycles. The normalized spacial score (nSPS) is 12.5. The summed E-state index contributed by atoms with van der Waals surface area (Å²) in [4.78, 5) is 35.1. The second kappa shape index (κ2) is 11.8. The van der Waals surface area contributed by atoms with Crippen molar-refractivity contribution < 1.29 is 23.1 Å². The number of ether oxygens (including phenoxy) is 1. The third-order valence-electron chi connectivity index (χ3n) is 6.46. The van der Waals surface area contributed by atoms with Crippen molar-refractivity contribution in [3.63, 3.8) is 0 Å². The second-order valence-corrected chi connectivity index (χ2v) is 10.8.